The molecule has 0 aromatic heterocycles. The number of hydrogen-bond donors (Lipinski definition) is 1. The van der Waals surface area contributed by atoms with E-state index in [2.05, 4.69) is 0 Å². The molecule has 1 rings (SSSR count). The minimum atomic E-state index is -1.15. The fourth-order valence-electron chi connectivity index (χ4n) is 1.52. The van der Waals surface area contributed by atoms with Crippen LogP contribution in [-0.2, 0) is 16.0 Å². The van der Waals surface area contributed by atoms with Gasteiger partial charge in [0.05, 0.1) is 6.61 Å². The molecule has 3 nitrogen and oxygen atoms in total. The molecule has 0 aliphatic rings. The summed E-state index contributed by atoms with van der Waals surface area (Å²) < 4.78 is 5.56. The van der Waals surface area contributed by atoms with Gasteiger partial charge in [-0.3, -0.25) is 0 Å². The molecule has 0 heterocycles. The van der Waals surface area contributed by atoms with Crippen molar-refractivity contribution in [2.45, 2.75) is 32.8 Å². The highest BCUT2D eigenvalue weighted by molar-refractivity contribution is 5.77. The van der Waals surface area contributed by atoms with Gasteiger partial charge in [-0.05, 0) is 18.4 Å². The Morgan fingerprint density at radius 1 is 1.35 bits per heavy atom. The summed E-state index contributed by atoms with van der Waals surface area (Å²) in [6.45, 7) is 6.09. The zero-order valence-electron chi connectivity index (χ0n) is 10.6. The lowest BCUT2D eigenvalue weighted by Gasteiger charge is -2.26. The van der Waals surface area contributed by atoms with Crippen LogP contribution in [0, 0.1) is 5.92 Å². The highest BCUT2D eigenvalue weighted by atomic mass is 16.5. The van der Waals surface area contributed by atoms with Crippen LogP contribution in [0.2, 0.25) is 0 Å². The van der Waals surface area contributed by atoms with Crippen molar-refractivity contribution in [2.75, 3.05) is 6.61 Å². The van der Waals surface area contributed by atoms with Crippen LogP contribution in [0.25, 0.3) is 0 Å². The SMILES string of the molecule is CC(C)COC(C)(Cc1ccccc1)C(=O)O. The Bertz CT molecular complexity index is 359. The Morgan fingerprint density at radius 3 is 2.41 bits per heavy atom. The van der Waals surface area contributed by atoms with E-state index < -0.39 is 11.6 Å². The second kappa shape index (κ2) is 5.82. The summed E-state index contributed by atoms with van der Waals surface area (Å²) in [7, 11) is 0. The molecule has 0 bridgehead atoms. The third-order valence-electron chi connectivity index (χ3n) is 2.57. The maximum atomic E-state index is 11.3. The topological polar surface area (TPSA) is 46.5 Å². The molecule has 0 radical (unpaired) electrons. The van der Waals surface area contributed by atoms with Gasteiger partial charge in [0.2, 0.25) is 0 Å². The van der Waals surface area contributed by atoms with Gasteiger partial charge in [0.25, 0.3) is 0 Å². The smallest absolute Gasteiger partial charge is 0.336 e. The van der Waals surface area contributed by atoms with Crippen molar-refractivity contribution < 1.29 is 14.6 Å². The molecular weight excluding hydrogens is 216 g/mol. The van der Waals surface area contributed by atoms with Gasteiger partial charge >= 0.3 is 5.97 Å². The molecule has 0 amide bonds. The van der Waals surface area contributed by atoms with Crippen molar-refractivity contribution in [3.05, 3.63) is 35.9 Å². The van der Waals surface area contributed by atoms with Gasteiger partial charge in [0.15, 0.2) is 5.60 Å². The third kappa shape index (κ3) is 4.19. The predicted molar refractivity (Wildman–Crippen MR) is 67.0 cm³/mol. The Hall–Kier alpha value is -1.35. The number of hydrogen-bond acceptors (Lipinski definition) is 2. The predicted octanol–water partition coefficient (Wildman–Crippen LogP) is 2.75. The van der Waals surface area contributed by atoms with Crippen molar-refractivity contribution in [3.8, 4) is 0 Å². The molecule has 94 valence electrons. The molecule has 0 fully saturated rings. The van der Waals surface area contributed by atoms with E-state index in [9.17, 15) is 9.90 Å². The van der Waals surface area contributed by atoms with Crippen LogP contribution in [0.3, 0.4) is 0 Å². The molecule has 17 heavy (non-hydrogen) atoms. The first kappa shape index (κ1) is 13.7. The van der Waals surface area contributed by atoms with Crippen LogP contribution < -0.4 is 0 Å². The largest absolute Gasteiger partial charge is 0.479 e. The summed E-state index contributed by atoms with van der Waals surface area (Å²) in [5, 5.41) is 9.28. The summed E-state index contributed by atoms with van der Waals surface area (Å²) in [6, 6.07) is 9.55. The summed E-state index contributed by atoms with van der Waals surface area (Å²) >= 11 is 0. The second-order valence-electron chi connectivity index (χ2n) is 4.90. The molecule has 0 saturated heterocycles. The Balaban J connectivity index is 2.75. The summed E-state index contributed by atoms with van der Waals surface area (Å²) in [5.74, 6) is -0.591. The van der Waals surface area contributed by atoms with E-state index in [1.807, 2.05) is 44.2 Å². The quantitative estimate of drug-likeness (QED) is 0.826. The van der Waals surface area contributed by atoms with Gasteiger partial charge in [0.1, 0.15) is 0 Å². The fourth-order valence-corrected chi connectivity index (χ4v) is 1.52. The van der Waals surface area contributed by atoms with Crippen molar-refractivity contribution in [1.82, 2.24) is 0 Å². The Morgan fingerprint density at radius 2 is 1.94 bits per heavy atom. The van der Waals surface area contributed by atoms with Crippen LogP contribution >= 0.6 is 0 Å². The van der Waals surface area contributed by atoms with Crippen molar-refractivity contribution in [3.63, 3.8) is 0 Å². The van der Waals surface area contributed by atoms with Gasteiger partial charge in [-0.2, -0.15) is 0 Å². The number of rotatable bonds is 6. The number of carboxylic acids is 1. The number of benzene rings is 1. The molecule has 0 saturated carbocycles. The maximum Gasteiger partial charge on any atom is 0.336 e. The number of carboxylic acid groups (broad SMARTS) is 1. The van der Waals surface area contributed by atoms with Crippen molar-refractivity contribution >= 4 is 5.97 Å². The molecule has 0 aliphatic heterocycles. The Labute approximate surface area is 102 Å². The lowest BCUT2D eigenvalue weighted by molar-refractivity contribution is -0.164. The van der Waals surface area contributed by atoms with Gasteiger partial charge in [-0.25, -0.2) is 4.79 Å². The molecular formula is C14H20O3. The molecule has 1 unspecified atom stereocenters. The summed E-state index contributed by atoms with van der Waals surface area (Å²) in [6.07, 6.45) is 0.385. The average molecular weight is 236 g/mol. The van der Waals surface area contributed by atoms with E-state index in [1.165, 1.54) is 0 Å². The van der Waals surface area contributed by atoms with Crippen LogP contribution in [0.4, 0.5) is 0 Å². The molecule has 1 N–H and O–H groups in total. The summed E-state index contributed by atoms with van der Waals surface area (Å²) in [4.78, 5) is 11.3. The highest BCUT2D eigenvalue weighted by Crippen LogP contribution is 2.19. The Kier molecular flexibility index (Phi) is 4.70. The lowest BCUT2D eigenvalue weighted by atomic mass is 9.96. The zero-order valence-corrected chi connectivity index (χ0v) is 10.6. The lowest BCUT2D eigenvalue weighted by Crippen LogP contribution is -2.41. The molecule has 1 aromatic carbocycles. The normalized spacial score (nSPS) is 14.6. The monoisotopic (exact) mass is 236 g/mol. The van der Waals surface area contributed by atoms with E-state index in [4.69, 9.17) is 4.74 Å². The first-order valence-electron chi connectivity index (χ1n) is 5.85. The van der Waals surface area contributed by atoms with Crippen LogP contribution in [-0.4, -0.2) is 23.3 Å². The van der Waals surface area contributed by atoms with E-state index in [0.29, 0.717) is 18.9 Å². The van der Waals surface area contributed by atoms with Gasteiger partial charge in [-0.1, -0.05) is 44.2 Å². The third-order valence-corrected chi connectivity index (χ3v) is 2.57. The standard InChI is InChI=1S/C14H20O3/c1-11(2)10-17-14(3,13(15)16)9-12-7-5-4-6-8-12/h4-8,11H,9-10H2,1-3H3,(H,15,16). The first-order chi connectivity index (χ1) is 7.94. The zero-order chi connectivity index (χ0) is 12.9. The van der Waals surface area contributed by atoms with Crippen LogP contribution in [0.15, 0.2) is 30.3 Å². The molecule has 3 heteroatoms. The number of carbonyl (C=O) groups is 1. The second-order valence-corrected chi connectivity index (χ2v) is 4.90. The molecule has 0 aliphatic carbocycles. The van der Waals surface area contributed by atoms with Crippen molar-refractivity contribution in [1.29, 1.82) is 0 Å². The van der Waals surface area contributed by atoms with Gasteiger partial charge in [0, 0.05) is 6.42 Å². The average Bonchev–Trinajstić information content (AvgIpc) is 2.27. The van der Waals surface area contributed by atoms with Crippen LogP contribution in [0.1, 0.15) is 26.3 Å². The fraction of sp³-hybridized carbons (Fsp3) is 0.500. The van der Waals surface area contributed by atoms with Crippen LogP contribution in [0.5, 0.6) is 0 Å². The molecule has 1 aromatic rings. The highest BCUT2D eigenvalue weighted by Gasteiger charge is 2.34. The maximum absolute atomic E-state index is 11.3. The molecule has 0 spiro atoms. The number of aliphatic carboxylic acids is 1. The first-order valence-corrected chi connectivity index (χ1v) is 5.85. The summed E-state index contributed by atoms with van der Waals surface area (Å²) in [5.41, 5.74) is -0.174. The van der Waals surface area contributed by atoms with Crippen molar-refractivity contribution in [2.24, 2.45) is 5.92 Å². The number of ether oxygens (including phenoxy) is 1. The van der Waals surface area contributed by atoms with E-state index in [1.54, 1.807) is 6.92 Å². The van der Waals surface area contributed by atoms with Gasteiger partial charge < -0.3 is 9.84 Å². The minimum Gasteiger partial charge on any atom is -0.479 e. The van der Waals surface area contributed by atoms with Gasteiger partial charge in [-0.15, -0.1) is 0 Å². The molecule has 1 atom stereocenters. The van der Waals surface area contributed by atoms with E-state index in [0.717, 1.165) is 5.56 Å². The van der Waals surface area contributed by atoms with E-state index in [-0.39, 0.29) is 0 Å². The van der Waals surface area contributed by atoms with E-state index >= 15 is 0 Å². The minimum absolute atomic E-state index is 0.324.